The van der Waals surface area contributed by atoms with E-state index in [-0.39, 0.29) is 18.1 Å². The topological polar surface area (TPSA) is 71.0 Å². The van der Waals surface area contributed by atoms with Crippen molar-refractivity contribution in [2.45, 2.75) is 31.3 Å². The molecule has 2 fully saturated rings. The van der Waals surface area contributed by atoms with Crippen LogP contribution in [0, 0.1) is 5.92 Å². The minimum atomic E-state index is -0.204. The highest BCUT2D eigenvalue weighted by molar-refractivity contribution is 5.95. The van der Waals surface area contributed by atoms with Gasteiger partial charge in [-0.05, 0) is 37.0 Å². The van der Waals surface area contributed by atoms with E-state index in [0.717, 1.165) is 44.6 Å². The molecule has 0 bridgehead atoms. The first-order chi connectivity index (χ1) is 12.7. The van der Waals surface area contributed by atoms with Crippen LogP contribution < -0.4 is 5.32 Å². The van der Waals surface area contributed by atoms with Crippen LogP contribution in [0.15, 0.2) is 24.3 Å². The van der Waals surface area contributed by atoms with Crippen molar-refractivity contribution < 1.29 is 19.4 Å². The number of ether oxygens (including phenoxy) is 2. The summed E-state index contributed by atoms with van der Waals surface area (Å²) in [7, 11) is 1.75. The van der Waals surface area contributed by atoms with Crippen molar-refractivity contribution in [1.29, 1.82) is 0 Å². The van der Waals surface area contributed by atoms with Gasteiger partial charge >= 0.3 is 0 Å². The average molecular weight is 362 g/mol. The van der Waals surface area contributed by atoms with Gasteiger partial charge in [-0.1, -0.05) is 6.07 Å². The van der Waals surface area contributed by atoms with Gasteiger partial charge in [0.05, 0.1) is 5.60 Å². The molecule has 1 aromatic rings. The molecule has 1 aromatic carbocycles. The summed E-state index contributed by atoms with van der Waals surface area (Å²) in [6, 6.07) is 7.69. The van der Waals surface area contributed by atoms with Crippen LogP contribution in [0.4, 0.5) is 5.69 Å². The average Bonchev–Trinajstić information content (AvgIpc) is 2.73. The van der Waals surface area contributed by atoms with E-state index >= 15 is 0 Å². The monoisotopic (exact) mass is 362 g/mol. The molecule has 6 nitrogen and oxygen atoms in total. The van der Waals surface area contributed by atoms with Crippen molar-refractivity contribution in [3.05, 3.63) is 29.8 Å². The fraction of sp³-hybridized carbons (Fsp3) is 0.650. The zero-order valence-electron chi connectivity index (χ0n) is 15.6. The normalized spacial score (nSPS) is 20.8. The Morgan fingerprint density at radius 2 is 2.08 bits per heavy atom. The highest BCUT2D eigenvalue weighted by Crippen LogP contribution is 2.26. The minimum Gasteiger partial charge on any atom is -0.396 e. The lowest BCUT2D eigenvalue weighted by atomic mass is 9.94. The van der Waals surface area contributed by atoms with E-state index in [2.05, 4.69) is 5.32 Å². The molecule has 0 saturated carbocycles. The molecular formula is C20H30N2O4. The number of benzene rings is 1. The number of carbonyl (C=O) groups excluding carboxylic acids is 1. The molecule has 0 unspecified atom stereocenters. The van der Waals surface area contributed by atoms with Crippen LogP contribution in [0.2, 0.25) is 0 Å². The van der Waals surface area contributed by atoms with Crippen LogP contribution in [0.5, 0.6) is 0 Å². The minimum absolute atomic E-state index is 0.0672. The van der Waals surface area contributed by atoms with Crippen LogP contribution in [0.25, 0.3) is 0 Å². The van der Waals surface area contributed by atoms with Crippen molar-refractivity contribution in [3.63, 3.8) is 0 Å². The van der Waals surface area contributed by atoms with Gasteiger partial charge in [-0.25, -0.2) is 0 Å². The summed E-state index contributed by atoms with van der Waals surface area (Å²) in [5.41, 5.74) is 1.43. The van der Waals surface area contributed by atoms with Gasteiger partial charge in [0, 0.05) is 70.7 Å². The molecule has 0 aliphatic carbocycles. The fourth-order valence-corrected chi connectivity index (χ4v) is 3.72. The lowest BCUT2D eigenvalue weighted by molar-refractivity contribution is -0.0807. The molecule has 2 heterocycles. The second-order valence-corrected chi connectivity index (χ2v) is 7.35. The smallest absolute Gasteiger partial charge is 0.253 e. The third-order valence-corrected chi connectivity index (χ3v) is 5.72. The molecule has 26 heavy (non-hydrogen) atoms. The third kappa shape index (κ3) is 4.55. The van der Waals surface area contributed by atoms with Gasteiger partial charge in [-0.3, -0.25) is 4.79 Å². The molecular weight excluding hydrogens is 332 g/mol. The quantitative estimate of drug-likeness (QED) is 0.811. The van der Waals surface area contributed by atoms with E-state index in [1.54, 1.807) is 7.11 Å². The van der Waals surface area contributed by atoms with Gasteiger partial charge in [0.2, 0.25) is 0 Å². The summed E-state index contributed by atoms with van der Waals surface area (Å²) in [4.78, 5) is 14.7. The molecule has 0 aromatic heterocycles. The SMILES string of the molecule is COC1(CNc2cccc(C(=O)N3CCC(CO)CC3)c2)CCOCC1. The van der Waals surface area contributed by atoms with Gasteiger partial charge in [0.1, 0.15) is 0 Å². The number of nitrogens with zero attached hydrogens (tertiary/aromatic N) is 1. The summed E-state index contributed by atoms with van der Waals surface area (Å²) in [5.74, 6) is 0.398. The zero-order chi connectivity index (χ0) is 18.4. The van der Waals surface area contributed by atoms with E-state index in [1.165, 1.54) is 0 Å². The number of nitrogens with one attached hydrogen (secondary N) is 1. The molecule has 0 atom stereocenters. The Morgan fingerprint density at radius 3 is 2.73 bits per heavy atom. The Kier molecular flexibility index (Phi) is 6.51. The highest BCUT2D eigenvalue weighted by Gasteiger charge is 2.32. The lowest BCUT2D eigenvalue weighted by Gasteiger charge is -2.36. The number of piperidine rings is 1. The Bertz CT molecular complexity index is 593. The van der Waals surface area contributed by atoms with E-state index in [9.17, 15) is 9.90 Å². The van der Waals surface area contributed by atoms with Crippen LogP contribution in [-0.4, -0.2) is 68.1 Å². The molecule has 2 aliphatic heterocycles. The number of aliphatic hydroxyl groups excluding tert-OH is 1. The van der Waals surface area contributed by atoms with Gasteiger partial charge in [0.25, 0.3) is 5.91 Å². The Morgan fingerprint density at radius 1 is 1.35 bits per heavy atom. The van der Waals surface area contributed by atoms with E-state index in [1.807, 2.05) is 29.2 Å². The number of rotatable bonds is 6. The number of aliphatic hydroxyl groups is 1. The maximum Gasteiger partial charge on any atom is 0.253 e. The molecule has 2 aliphatic rings. The largest absolute Gasteiger partial charge is 0.396 e. The lowest BCUT2D eigenvalue weighted by Crippen LogP contribution is -2.44. The predicted octanol–water partition coefficient (Wildman–Crippen LogP) is 2.14. The van der Waals surface area contributed by atoms with E-state index in [4.69, 9.17) is 9.47 Å². The molecule has 2 N–H and O–H groups in total. The maximum atomic E-state index is 12.8. The van der Waals surface area contributed by atoms with Crippen LogP contribution in [0.3, 0.4) is 0 Å². The first-order valence-corrected chi connectivity index (χ1v) is 9.53. The molecule has 1 amide bonds. The molecule has 6 heteroatoms. The number of amides is 1. The zero-order valence-corrected chi connectivity index (χ0v) is 15.6. The first kappa shape index (κ1) is 19.1. The second-order valence-electron chi connectivity index (χ2n) is 7.35. The van der Waals surface area contributed by atoms with Gasteiger partial charge in [-0.2, -0.15) is 0 Å². The second kappa shape index (κ2) is 8.84. The summed E-state index contributed by atoms with van der Waals surface area (Å²) in [6.45, 7) is 3.79. The van der Waals surface area contributed by atoms with E-state index < -0.39 is 0 Å². The number of likely N-dealkylation sites (tertiary alicyclic amines) is 1. The van der Waals surface area contributed by atoms with Crippen molar-refractivity contribution in [2.24, 2.45) is 5.92 Å². The van der Waals surface area contributed by atoms with Crippen molar-refractivity contribution in [2.75, 3.05) is 51.9 Å². The summed E-state index contributed by atoms with van der Waals surface area (Å²) in [5, 5.41) is 12.7. The summed E-state index contributed by atoms with van der Waals surface area (Å²) < 4.78 is 11.2. The Balaban J connectivity index is 1.60. The van der Waals surface area contributed by atoms with Gasteiger partial charge in [-0.15, -0.1) is 0 Å². The van der Waals surface area contributed by atoms with Crippen molar-refractivity contribution in [3.8, 4) is 0 Å². The Labute approximate surface area is 155 Å². The van der Waals surface area contributed by atoms with Gasteiger partial charge < -0.3 is 24.8 Å². The number of hydrogen-bond donors (Lipinski definition) is 2. The first-order valence-electron chi connectivity index (χ1n) is 9.53. The number of hydrogen-bond acceptors (Lipinski definition) is 5. The van der Waals surface area contributed by atoms with Crippen molar-refractivity contribution >= 4 is 11.6 Å². The molecule has 2 saturated heterocycles. The van der Waals surface area contributed by atoms with Crippen LogP contribution >= 0.6 is 0 Å². The summed E-state index contributed by atoms with van der Waals surface area (Å²) in [6.07, 6.45) is 3.49. The number of methoxy groups -OCH3 is 1. The summed E-state index contributed by atoms with van der Waals surface area (Å²) >= 11 is 0. The van der Waals surface area contributed by atoms with E-state index in [0.29, 0.717) is 31.1 Å². The fourth-order valence-electron chi connectivity index (χ4n) is 3.72. The molecule has 3 rings (SSSR count). The number of anilines is 1. The third-order valence-electron chi connectivity index (χ3n) is 5.72. The molecule has 0 radical (unpaired) electrons. The standard InChI is InChI=1S/C20H30N2O4/c1-25-20(7-11-26-12-8-20)15-21-18-4-2-3-17(13-18)19(24)22-9-5-16(14-23)6-10-22/h2-4,13,16,21,23H,5-12,14-15H2,1H3. The molecule has 0 spiro atoms. The number of carbonyl (C=O) groups is 1. The highest BCUT2D eigenvalue weighted by atomic mass is 16.5. The van der Waals surface area contributed by atoms with Crippen molar-refractivity contribution in [1.82, 2.24) is 4.90 Å². The Hall–Kier alpha value is -1.63. The predicted molar refractivity (Wildman–Crippen MR) is 100 cm³/mol. The van der Waals surface area contributed by atoms with Crippen LogP contribution in [0.1, 0.15) is 36.0 Å². The van der Waals surface area contributed by atoms with Gasteiger partial charge in [0.15, 0.2) is 0 Å². The maximum absolute atomic E-state index is 12.8. The molecule has 144 valence electrons. The van der Waals surface area contributed by atoms with Crippen LogP contribution in [-0.2, 0) is 9.47 Å².